The molecule has 24 heavy (non-hydrogen) atoms. The molecule has 1 atom stereocenters. The minimum absolute atomic E-state index is 0.0534. The Morgan fingerprint density at radius 2 is 2.00 bits per heavy atom. The molecule has 0 spiro atoms. The molecule has 0 unspecified atom stereocenters. The summed E-state index contributed by atoms with van der Waals surface area (Å²) in [6.07, 6.45) is 0.360. The molecule has 0 aliphatic carbocycles. The summed E-state index contributed by atoms with van der Waals surface area (Å²) in [5, 5.41) is 6.85. The van der Waals surface area contributed by atoms with Crippen molar-refractivity contribution in [3.63, 3.8) is 0 Å². The zero-order valence-corrected chi connectivity index (χ0v) is 14.1. The van der Waals surface area contributed by atoms with E-state index in [2.05, 4.69) is 15.4 Å². The van der Waals surface area contributed by atoms with Crippen molar-refractivity contribution in [1.29, 1.82) is 0 Å². The zero-order chi connectivity index (χ0) is 17.5. The molecule has 7 nitrogen and oxygen atoms in total. The van der Waals surface area contributed by atoms with Crippen LogP contribution < -0.4 is 5.32 Å². The van der Waals surface area contributed by atoms with E-state index in [1.165, 1.54) is 28.9 Å². The molecule has 1 aliphatic rings. The van der Waals surface area contributed by atoms with E-state index < -0.39 is 21.3 Å². The second-order valence-corrected chi connectivity index (χ2v) is 8.41. The summed E-state index contributed by atoms with van der Waals surface area (Å²) in [7, 11) is -3.13. The summed E-state index contributed by atoms with van der Waals surface area (Å²) in [6.45, 7) is 3.37. The van der Waals surface area contributed by atoms with Crippen molar-refractivity contribution in [2.45, 2.75) is 25.8 Å². The van der Waals surface area contributed by atoms with Crippen molar-refractivity contribution in [3.05, 3.63) is 41.7 Å². The first-order chi connectivity index (χ1) is 11.2. The minimum Gasteiger partial charge on any atom is -0.343 e. The van der Waals surface area contributed by atoms with Gasteiger partial charge in [0.15, 0.2) is 9.84 Å². The molecule has 0 saturated carbocycles. The number of aromatic nitrogens is 3. The lowest BCUT2D eigenvalue weighted by atomic mass is 10.0. The summed E-state index contributed by atoms with van der Waals surface area (Å²) >= 11 is 0. The van der Waals surface area contributed by atoms with E-state index in [9.17, 15) is 17.6 Å². The third-order valence-corrected chi connectivity index (χ3v) is 5.86. The van der Waals surface area contributed by atoms with Gasteiger partial charge in [0.2, 0.25) is 5.82 Å². The topological polar surface area (TPSA) is 93.9 Å². The number of nitrogens with zero attached hydrogens (tertiary/aromatic N) is 3. The third-order valence-electron chi connectivity index (χ3n) is 3.96. The van der Waals surface area contributed by atoms with Crippen molar-refractivity contribution < 1.29 is 17.6 Å². The second kappa shape index (κ2) is 5.66. The van der Waals surface area contributed by atoms with Crippen LogP contribution in [0.1, 0.15) is 29.8 Å². The molecule has 0 bridgehead atoms. The zero-order valence-electron chi connectivity index (χ0n) is 13.3. The second-order valence-electron chi connectivity index (χ2n) is 6.23. The maximum Gasteiger partial charge on any atom is 0.291 e. The summed E-state index contributed by atoms with van der Waals surface area (Å²) in [5.41, 5.74) is -0.236. The van der Waals surface area contributed by atoms with E-state index in [-0.39, 0.29) is 23.1 Å². The van der Waals surface area contributed by atoms with Crippen molar-refractivity contribution in [1.82, 2.24) is 20.1 Å². The normalized spacial score (nSPS) is 22.5. The fraction of sp³-hybridized carbons (Fsp3) is 0.400. The Hall–Kier alpha value is -2.29. The summed E-state index contributed by atoms with van der Waals surface area (Å²) in [4.78, 5) is 16.5. The van der Waals surface area contributed by atoms with Crippen LogP contribution in [0.2, 0.25) is 0 Å². The first kappa shape index (κ1) is 16.6. The van der Waals surface area contributed by atoms with Gasteiger partial charge in [-0.3, -0.25) is 4.79 Å². The number of benzene rings is 1. The van der Waals surface area contributed by atoms with Gasteiger partial charge >= 0.3 is 0 Å². The van der Waals surface area contributed by atoms with Crippen LogP contribution in [-0.2, 0) is 9.84 Å². The highest BCUT2D eigenvalue weighted by atomic mass is 32.2. The largest absolute Gasteiger partial charge is 0.343 e. The van der Waals surface area contributed by atoms with Crippen molar-refractivity contribution >= 4 is 15.7 Å². The van der Waals surface area contributed by atoms with Gasteiger partial charge in [0.05, 0.1) is 22.7 Å². The lowest BCUT2D eigenvalue weighted by Crippen LogP contribution is -2.47. The number of aryl methyl sites for hydroxylation is 1. The number of carbonyl (C=O) groups is 1. The maximum atomic E-state index is 13.0. The molecule has 1 aromatic heterocycles. The first-order valence-corrected chi connectivity index (χ1v) is 9.22. The Kier molecular flexibility index (Phi) is 3.90. The van der Waals surface area contributed by atoms with Crippen LogP contribution in [0.4, 0.5) is 4.39 Å². The fourth-order valence-electron chi connectivity index (χ4n) is 2.75. The van der Waals surface area contributed by atoms with Crippen LogP contribution >= 0.6 is 0 Å². The van der Waals surface area contributed by atoms with Gasteiger partial charge in [-0.25, -0.2) is 22.5 Å². The lowest BCUT2D eigenvalue weighted by Gasteiger charge is -2.22. The molecule has 2 heterocycles. The number of hydrogen-bond acceptors (Lipinski definition) is 5. The Labute approximate surface area is 138 Å². The number of nitrogens with one attached hydrogen (secondary N) is 1. The number of halogens is 1. The van der Waals surface area contributed by atoms with Gasteiger partial charge in [-0.1, -0.05) is 0 Å². The Morgan fingerprint density at radius 1 is 1.33 bits per heavy atom. The Balaban J connectivity index is 1.82. The van der Waals surface area contributed by atoms with Crippen molar-refractivity contribution in [2.24, 2.45) is 0 Å². The van der Waals surface area contributed by atoms with Gasteiger partial charge in [-0.15, -0.1) is 5.10 Å². The van der Waals surface area contributed by atoms with E-state index in [0.717, 1.165) is 0 Å². The number of sulfone groups is 1. The molecule has 1 aromatic carbocycles. The third kappa shape index (κ3) is 3.30. The molecule has 9 heteroatoms. The molecular weight excluding hydrogens is 335 g/mol. The smallest absolute Gasteiger partial charge is 0.291 e. The van der Waals surface area contributed by atoms with Crippen LogP contribution in [0.5, 0.6) is 0 Å². The molecule has 2 aromatic rings. The monoisotopic (exact) mass is 352 g/mol. The molecule has 1 amide bonds. The van der Waals surface area contributed by atoms with Gasteiger partial charge in [-0.2, -0.15) is 0 Å². The summed E-state index contributed by atoms with van der Waals surface area (Å²) in [6, 6.07) is 5.65. The molecule has 0 radical (unpaired) electrons. The average Bonchev–Trinajstić information content (AvgIpc) is 3.00. The predicted molar refractivity (Wildman–Crippen MR) is 85.2 cm³/mol. The van der Waals surface area contributed by atoms with E-state index >= 15 is 0 Å². The Morgan fingerprint density at radius 3 is 2.58 bits per heavy atom. The molecule has 1 fully saturated rings. The van der Waals surface area contributed by atoms with Gasteiger partial charge in [0.1, 0.15) is 11.6 Å². The van der Waals surface area contributed by atoms with Crippen LogP contribution in [0.25, 0.3) is 5.69 Å². The molecule has 3 rings (SSSR count). The molecule has 128 valence electrons. The quantitative estimate of drug-likeness (QED) is 0.890. The minimum atomic E-state index is -3.13. The standard InChI is InChI=1S/C15H17FN4O3S/c1-10-17-13(19-20(10)12-5-3-11(16)4-6-12)14(21)18-15(2)7-8-24(22,23)9-15/h3-6H,7-9H2,1-2H3,(H,18,21)/t15-/m1/s1. The number of rotatable bonds is 3. The van der Waals surface area contributed by atoms with E-state index in [4.69, 9.17) is 0 Å². The highest BCUT2D eigenvalue weighted by molar-refractivity contribution is 7.91. The molecule has 1 N–H and O–H groups in total. The van der Waals surface area contributed by atoms with Gasteiger partial charge in [-0.05, 0) is 44.5 Å². The number of amides is 1. The van der Waals surface area contributed by atoms with Crippen LogP contribution in [0.15, 0.2) is 24.3 Å². The van der Waals surface area contributed by atoms with Crippen LogP contribution in [-0.4, -0.2) is 46.1 Å². The number of carbonyl (C=O) groups excluding carboxylic acids is 1. The van der Waals surface area contributed by atoms with Gasteiger partial charge in [0.25, 0.3) is 5.91 Å². The van der Waals surface area contributed by atoms with Gasteiger partial charge < -0.3 is 5.32 Å². The Bertz CT molecular complexity index is 892. The SMILES string of the molecule is Cc1nc(C(=O)N[C@]2(C)CCS(=O)(=O)C2)nn1-c1ccc(F)cc1. The molecule has 1 aliphatic heterocycles. The van der Waals surface area contributed by atoms with E-state index in [1.54, 1.807) is 13.8 Å². The van der Waals surface area contributed by atoms with E-state index in [1.807, 2.05) is 0 Å². The van der Waals surface area contributed by atoms with E-state index in [0.29, 0.717) is 17.9 Å². The summed E-state index contributed by atoms with van der Waals surface area (Å²) < 4.78 is 37.7. The molecular formula is C15H17FN4O3S. The number of hydrogen-bond donors (Lipinski definition) is 1. The maximum absolute atomic E-state index is 13.0. The first-order valence-electron chi connectivity index (χ1n) is 7.40. The highest BCUT2D eigenvalue weighted by Gasteiger charge is 2.40. The average molecular weight is 352 g/mol. The summed E-state index contributed by atoms with van der Waals surface area (Å²) in [5.74, 6) is -0.523. The van der Waals surface area contributed by atoms with Crippen molar-refractivity contribution in [3.8, 4) is 5.69 Å². The predicted octanol–water partition coefficient (Wildman–Crippen LogP) is 1.02. The van der Waals surface area contributed by atoms with Crippen molar-refractivity contribution in [2.75, 3.05) is 11.5 Å². The van der Waals surface area contributed by atoms with Crippen LogP contribution in [0.3, 0.4) is 0 Å². The van der Waals surface area contributed by atoms with Gasteiger partial charge in [0, 0.05) is 0 Å². The fourth-order valence-corrected chi connectivity index (χ4v) is 4.85. The molecule has 1 saturated heterocycles. The highest BCUT2D eigenvalue weighted by Crippen LogP contribution is 2.23. The van der Waals surface area contributed by atoms with Crippen LogP contribution in [0, 0.1) is 12.7 Å². The lowest BCUT2D eigenvalue weighted by molar-refractivity contribution is 0.0904.